The number of hydrogen-bond acceptors (Lipinski definition) is 4. The van der Waals surface area contributed by atoms with Crippen LogP contribution >= 0.6 is 0 Å². The van der Waals surface area contributed by atoms with Crippen molar-refractivity contribution in [3.8, 4) is 5.75 Å². The van der Waals surface area contributed by atoms with E-state index in [0.717, 1.165) is 19.3 Å². The molecule has 1 heterocycles. The van der Waals surface area contributed by atoms with Crippen molar-refractivity contribution in [3.63, 3.8) is 0 Å². The zero-order valence-electron chi connectivity index (χ0n) is 12.0. The minimum atomic E-state index is -3.50. The van der Waals surface area contributed by atoms with Crippen LogP contribution in [-0.2, 0) is 10.0 Å². The number of anilines is 1. The number of methoxy groups -OCH3 is 1. The summed E-state index contributed by atoms with van der Waals surface area (Å²) in [6.07, 6.45) is 3.10. The van der Waals surface area contributed by atoms with Gasteiger partial charge in [0, 0.05) is 24.8 Å². The van der Waals surface area contributed by atoms with E-state index in [1.807, 2.05) is 0 Å². The van der Waals surface area contributed by atoms with Gasteiger partial charge in [0.05, 0.1) is 7.11 Å². The molecule has 1 saturated heterocycles. The maximum atomic E-state index is 12.7. The second-order valence-corrected chi connectivity index (χ2v) is 7.12. The van der Waals surface area contributed by atoms with E-state index >= 15 is 0 Å². The number of nitrogens with zero attached hydrogens (tertiary/aromatic N) is 1. The van der Waals surface area contributed by atoms with Crippen molar-refractivity contribution in [3.05, 3.63) is 18.2 Å². The Morgan fingerprint density at radius 1 is 1.45 bits per heavy atom. The molecule has 20 heavy (non-hydrogen) atoms. The topological polar surface area (TPSA) is 72.6 Å². The fourth-order valence-corrected chi connectivity index (χ4v) is 4.36. The predicted molar refractivity (Wildman–Crippen MR) is 79.2 cm³/mol. The van der Waals surface area contributed by atoms with Gasteiger partial charge in [0.25, 0.3) is 0 Å². The Morgan fingerprint density at radius 2 is 2.20 bits per heavy atom. The summed E-state index contributed by atoms with van der Waals surface area (Å²) in [4.78, 5) is 0.200. The monoisotopic (exact) mass is 298 g/mol. The molecule has 1 aromatic rings. The highest BCUT2D eigenvalue weighted by molar-refractivity contribution is 7.89. The van der Waals surface area contributed by atoms with Gasteiger partial charge in [-0.15, -0.1) is 0 Å². The fourth-order valence-electron chi connectivity index (χ4n) is 2.70. The summed E-state index contributed by atoms with van der Waals surface area (Å²) in [6, 6.07) is 4.66. The van der Waals surface area contributed by atoms with E-state index < -0.39 is 10.0 Å². The van der Waals surface area contributed by atoms with Crippen molar-refractivity contribution >= 4 is 15.7 Å². The molecule has 0 amide bonds. The molecule has 6 heteroatoms. The standard InChI is InChI=1S/C14H22N2O3S/c1-3-4-11-7-8-16(10-11)20(17,18)14-6-5-12(15)9-13(14)19-2/h5-6,9,11H,3-4,7-8,10,15H2,1-2H3. The van der Waals surface area contributed by atoms with Crippen LogP contribution in [0.15, 0.2) is 23.1 Å². The molecular formula is C14H22N2O3S. The van der Waals surface area contributed by atoms with Crippen molar-refractivity contribution in [2.75, 3.05) is 25.9 Å². The summed E-state index contributed by atoms with van der Waals surface area (Å²) in [6.45, 7) is 3.31. The maximum Gasteiger partial charge on any atom is 0.246 e. The second kappa shape index (κ2) is 6.01. The molecule has 0 radical (unpaired) electrons. The molecule has 0 aliphatic carbocycles. The molecule has 2 rings (SSSR count). The molecule has 1 aliphatic heterocycles. The van der Waals surface area contributed by atoms with Crippen LogP contribution in [0.1, 0.15) is 26.2 Å². The molecule has 1 fully saturated rings. The van der Waals surface area contributed by atoms with E-state index in [-0.39, 0.29) is 4.90 Å². The first-order valence-electron chi connectivity index (χ1n) is 6.92. The quantitative estimate of drug-likeness (QED) is 0.845. The average Bonchev–Trinajstić information content (AvgIpc) is 2.88. The summed E-state index contributed by atoms with van der Waals surface area (Å²) in [5.74, 6) is 0.776. The van der Waals surface area contributed by atoms with Crippen LogP contribution < -0.4 is 10.5 Å². The lowest BCUT2D eigenvalue weighted by molar-refractivity contribution is 0.397. The zero-order chi connectivity index (χ0) is 14.8. The van der Waals surface area contributed by atoms with Gasteiger partial charge in [-0.2, -0.15) is 4.31 Å². The predicted octanol–water partition coefficient (Wildman–Crippen LogP) is 2.09. The summed E-state index contributed by atoms with van der Waals surface area (Å²) in [5.41, 5.74) is 6.16. The molecule has 0 aromatic heterocycles. The molecule has 1 unspecified atom stereocenters. The van der Waals surface area contributed by atoms with Gasteiger partial charge in [-0.05, 0) is 30.9 Å². The smallest absolute Gasteiger partial charge is 0.246 e. The summed E-state index contributed by atoms with van der Waals surface area (Å²) < 4.78 is 32.1. The lowest BCUT2D eigenvalue weighted by Gasteiger charge is -2.18. The number of hydrogen-bond donors (Lipinski definition) is 1. The molecule has 0 saturated carbocycles. The van der Waals surface area contributed by atoms with E-state index in [1.54, 1.807) is 16.4 Å². The second-order valence-electron chi connectivity index (χ2n) is 5.22. The number of nitrogen functional groups attached to an aromatic ring is 1. The van der Waals surface area contributed by atoms with Crippen LogP contribution in [0.3, 0.4) is 0 Å². The van der Waals surface area contributed by atoms with Gasteiger partial charge in [0.2, 0.25) is 10.0 Å². The van der Waals surface area contributed by atoms with Crippen LogP contribution in [0, 0.1) is 5.92 Å². The Morgan fingerprint density at radius 3 is 2.85 bits per heavy atom. The molecule has 2 N–H and O–H groups in total. The number of rotatable bonds is 5. The Bertz CT molecular complexity index is 572. The van der Waals surface area contributed by atoms with Gasteiger partial charge in [-0.25, -0.2) is 8.42 Å². The third-order valence-electron chi connectivity index (χ3n) is 3.75. The molecule has 112 valence electrons. The van der Waals surface area contributed by atoms with Crippen LogP contribution in [-0.4, -0.2) is 32.9 Å². The van der Waals surface area contributed by atoms with Crippen LogP contribution in [0.5, 0.6) is 5.75 Å². The SMILES string of the molecule is CCCC1CCN(S(=O)(=O)c2ccc(N)cc2OC)C1. The Kier molecular flexibility index (Phi) is 4.55. The fraction of sp³-hybridized carbons (Fsp3) is 0.571. The first-order chi connectivity index (χ1) is 9.48. The lowest BCUT2D eigenvalue weighted by Crippen LogP contribution is -2.29. The highest BCUT2D eigenvalue weighted by Crippen LogP contribution is 2.32. The third kappa shape index (κ3) is 2.91. The van der Waals surface area contributed by atoms with Gasteiger partial charge in [-0.1, -0.05) is 13.3 Å². The van der Waals surface area contributed by atoms with Crippen LogP contribution in [0.2, 0.25) is 0 Å². The van der Waals surface area contributed by atoms with E-state index in [2.05, 4.69) is 6.92 Å². The molecular weight excluding hydrogens is 276 g/mol. The van der Waals surface area contributed by atoms with Crippen molar-refractivity contribution in [1.29, 1.82) is 0 Å². The average molecular weight is 298 g/mol. The summed E-state index contributed by atoms with van der Waals surface area (Å²) in [7, 11) is -2.04. The minimum Gasteiger partial charge on any atom is -0.495 e. The number of benzene rings is 1. The van der Waals surface area contributed by atoms with Crippen LogP contribution in [0.4, 0.5) is 5.69 Å². The Hall–Kier alpha value is -1.27. The molecule has 0 bridgehead atoms. The van der Waals surface area contributed by atoms with Crippen LogP contribution in [0.25, 0.3) is 0 Å². The number of sulfonamides is 1. The Balaban J connectivity index is 2.27. The van der Waals surface area contributed by atoms with E-state index in [1.165, 1.54) is 13.2 Å². The molecule has 1 aromatic carbocycles. The summed E-state index contributed by atoms with van der Waals surface area (Å²) >= 11 is 0. The number of ether oxygens (including phenoxy) is 1. The highest BCUT2D eigenvalue weighted by atomic mass is 32.2. The third-order valence-corrected chi connectivity index (χ3v) is 5.66. The van der Waals surface area contributed by atoms with Crippen molar-refractivity contribution in [1.82, 2.24) is 4.31 Å². The maximum absolute atomic E-state index is 12.7. The first kappa shape index (κ1) is 15.1. The normalized spacial score (nSPS) is 20.2. The lowest BCUT2D eigenvalue weighted by atomic mass is 10.0. The molecule has 0 spiro atoms. The summed E-state index contributed by atoms with van der Waals surface area (Å²) in [5, 5.41) is 0. The van der Waals surface area contributed by atoms with Gasteiger partial charge in [0.1, 0.15) is 10.6 Å². The molecule has 1 aliphatic rings. The van der Waals surface area contributed by atoms with E-state index in [0.29, 0.717) is 30.4 Å². The minimum absolute atomic E-state index is 0.200. The highest BCUT2D eigenvalue weighted by Gasteiger charge is 2.33. The van der Waals surface area contributed by atoms with Gasteiger partial charge >= 0.3 is 0 Å². The van der Waals surface area contributed by atoms with Gasteiger partial charge in [0.15, 0.2) is 0 Å². The number of nitrogens with two attached hydrogens (primary N) is 1. The largest absolute Gasteiger partial charge is 0.495 e. The van der Waals surface area contributed by atoms with Gasteiger partial charge < -0.3 is 10.5 Å². The zero-order valence-corrected chi connectivity index (χ0v) is 12.8. The molecule has 1 atom stereocenters. The first-order valence-corrected chi connectivity index (χ1v) is 8.36. The van der Waals surface area contributed by atoms with Crippen molar-refractivity contribution < 1.29 is 13.2 Å². The Labute approximate surface area is 120 Å². The van der Waals surface area contributed by atoms with Crippen molar-refractivity contribution in [2.45, 2.75) is 31.1 Å². The van der Waals surface area contributed by atoms with E-state index in [9.17, 15) is 8.42 Å². The van der Waals surface area contributed by atoms with Gasteiger partial charge in [-0.3, -0.25) is 0 Å². The molecule has 5 nitrogen and oxygen atoms in total. The van der Waals surface area contributed by atoms with Crippen molar-refractivity contribution in [2.24, 2.45) is 5.92 Å². The van der Waals surface area contributed by atoms with E-state index in [4.69, 9.17) is 10.5 Å².